The summed E-state index contributed by atoms with van der Waals surface area (Å²) in [6, 6.07) is 8.30. The van der Waals surface area contributed by atoms with Gasteiger partial charge in [0.1, 0.15) is 11.3 Å². The van der Waals surface area contributed by atoms with Crippen LogP contribution in [0.15, 0.2) is 36.7 Å². The molecule has 0 saturated heterocycles. The van der Waals surface area contributed by atoms with Crippen molar-refractivity contribution in [1.82, 2.24) is 14.9 Å². The van der Waals surface area contributed by atoms with E-state index in [1.165, 1.54) is 11.1 Å². The lowest BCUT2D eigenvalue weighted by molar-refractivity contribution is 0.245. The molecule has 2 aliphatic rings. The van der Waals surface area contributed by atoms with Crippen molar-refractivity contribution in [3.8, 4) is 11.5 Å². The number of hydrogen-bond acceptors (Lipinski definition) is 3. The van der Waals surface area contributed by atoms with Crippen LogP contribution in [0.1, 0.15) is 36.0 Å². The van der Waals surface area contributed by atoms with Crippen LogP contribution in [0.5, 0.6) is 11.5 Å². The Morgan fingerprint density at radius 2 is 2.11 bits per heavy atom. The molecule has 0 bridgehead atoms. The number of nitrogens with zero attached hydrogens (tertiary/aromatic N) is 3. The highest BCUT2D eigenvalue weighted by Crippen LogP contribution is 2.35. The van der Waals surface area contributed by atoms with E-state index in [-0.39, 0.29) is 6.03 Å². The average molecular weight is 376 g/mol. The highest BCUT2D eigenvalue weighted by atomic mass is 16.5. The molecule has 0 atom stereocenters. The Bertz CT molecular complexity index is 1070. The number of benzene rings is 1. The van der Waals surface area contributed by atoms with E-state index in [4.69, 9.17) is 4.74 Å². The van der Waals surface area contributed by atoms with Crippen molar-refractivity contribution in [3.05, 3.63) is 53.3 Å². The molecule has 144 valence electrons. The van der Waals surface area contributed by atoms with Crippen LogP contribution in [-0.2, 0) is 6.42 Å². The van der Waals surface area contributed by atoms with Gasteiger partial charge in [0.2, 0.25) is 0 Å². The molecule has 1 saturated carbocycles. The van der Waals surface area contributed by atoms with Crippen LogP contribution in [0.3, 0.4) is 0 Å². The first-order valence-electron chi connectivity index (χ1n) is 9.92. The van der Waals surface area contributed by atoms with Crippen molar-refractivity contribution < 1.29 is 9.53 Å². The van der Waals surface area contributed by atoms with E-state index < -0.39 is 0 Å². The number of carbonyl (C=O) groups is 1. The SMILES string of the molecule is Cc1cn2nccc(Oc3ccc4c(c3)CCCN4C(=O)NC3CC3)c2c1C. The molecule has 1 aromatic carbocycles. The first kappa shape index (κ1) is 17.1. The molecule has 1 aliphatic carbocycles. The van der Waals surface area contributed by atoms with Gasteiger partial charge in [0, 0.05) is 30.5 Å². The Hall–Kier alpha value is -3.02. The molecule has 1 aliphatic heterocycles. The molecule has 3 heterocycles. The average Bonchev–Trinajstić information content (AvgIpc) is 3.45. The van der Waals surface area contributed by atoms with Gasteiger partial charge in [-0.05, 0) is 74.4 Å². The molecule has 0 unspecified atom stereocenters. The second kappa shape index (κ2) is 6.55. The predicted octanol–water partition coefficient (Wildman–Crippen LogP) is 4.37. The number of urea groups is 1. The number of nitrogens with one attached hydrogen (secondary N) is 1. The normalized spacial score (nSPS) is 16.1. The molecule has 5 rings (SSSR count). The van der Waals surface area contributed by atoms with Gasteiger partial charge in [-0.3, -0.25) is 4.90 Å². The van der Waals surface area contributed by atoms with Crippen molar-refractivity contribution in [2.75, 3.05) is 11.4 Å². The van der Waals surface area contributed by atoms with Gasteiger partial charge in [0.05, 0.1) is 6.20 Å². The second-order valence-electron chi connectivity index (χ2n) is 7.80. The van der Waals surface area contributed by atoms with Gasteiger partial charge in [-0.2, -0.15) is 5.10 Å². The Morgan fingerprint density at radius 3 is 2.93 bits per heavy atom. The highest BCUT2D eigenvalue weighted by molar-refractivity contribution is 5.93. The third kappa shape index (κ3) is 2.99. The molecular weight excluding hydrogens is 352 g/mol. The van der Waals surface area contributed by atoms with E-state index in [1.807, 2.05) is 33.8 Å². The van der Waals surface area contributed by atoms with Gasteiger partial charge < -0.3 is 10.1 Å². The number of amides is 2. The maximum Gasteiger partial charge on any atom is 0.322 e. The standard InChI is InChI=1S/C22H24N4O2/c1-14-13-26-21(15(14)2)20(9-10-23-26)28-18-7-8-19-16(12-18)4-3-11-25(19)22(27)24-17-5-6-17/h7-10,12-13,17H,3-6,11H2,1-2H3,(H,24,27). The molecule has 1 N–H and O–H groups in total. The summed E-state index contributed by atoms with van der Waals surface area (Å²) in [6.45, 7) is 4.93. The predicted molar refractivity (Wildman–Crippen MR) is 108 cm³/mol. The largest absolute Gasteiger partial charge is 0.455 e. The summed E-state index contributed by atoms with van der Waals surface area (Å²) < 4.78 is 8.11. The van der Waals surface area contributed by atoms with Crippen molar-refractivity contribution in [2.45, 2.75) is 45.6 Å². The summed E-state index contributed by atoms with van der Waals surface area (Å²) in [7, 11) is 0. The number of ether oxygens (including phenoxy) is 1. The maximum absolute atomic E-state index is 12.5. The third-order valence-electron chi connectivity index (χ3n) is 5.69. The van der Waals surface area contributed by atoms with Crippen LogP contribution in [0.4, 0.5) is 10.5 Å². The molecule has 2 amide bonds. The van der Waals surface area contributed by atoms with E-state index in [9.17, 15) is 4.79 Å². The summed E-state index contributed by atoms with van der Waals surface area (Å²) >= 11 is 0. The Labute approximate surface area is 164 Å². The fourth-order valence-electron chi connectivity index (χ4n) is 3.88. The number of anilines is 1. The molecule has 6 heteroatoms. The zero-order valence-corrected chi connectivity index (χ0v) is 16.2. The van der Waals surface area contributed by atoms with E-state index >= 15 is 0 Å². The zero-order chi connectivity index (χ0) is 19.3. The van der Waals surface area contributed by atoms with Gasteiger partial charge in [-0.1, -0.05) is 0 Å². The molecule has 6 nitrogen and oxygen atoms in total. The van der Waals surface area contributed by atoms with Crippen molar-refractivity contribution in [2.24, 2.45) is 0 Å². The topological polar surface area (TPSA) is 58.9 Å². The molecule has 28 heavy (non-hydrogen) atoms. The summed E-state index contributed by atoms with van der Waals surface area (Å²) in [5, 5.41) is 7.47. The van der Waals surface area contributed by atoms with Crippen LogP contribution >= 0.6 is 0 Å². The number of rotatable bonds is 3. The smallest absolute Gasteiger partial charge is 0.322 e. The Morgan fingerprint density at radius 1 is 1.25 bits per heavy atom. The summed E-state index contributed by atoms with van der Waals surface area (Å²) in [4.78, 5) is 14.4. The molecule has 3 aromatic rings. The van der Waals surface area contributed by atoms with Crippen molar-refractivity contribution in [3.63, 3.8) is 0 Å². The Balaban J connectivity index is 1.44. The van der Waals surface area contributed by atoms with Crippen LogP contribution in [-0.4, -0.2) is 28.2 Å². The lowest BCUT2D eigenvalue weighted by Crippen LogP contribution is -2.43. The summed E-state index contributed by atoms with van der Waals surface area (Å²) in [5.41, 5.74) is 5.49. The van der Waals surface area contributed by atoms with Crippen LogP contribution in [0.2, 0.25) is 0 Å². The van der Waals surface area contributed by atoms with Gasteiger partial charge in [0.15, 0.2) is 5.75 Å². The van der Waals surface area contributed by atoms with Gasteiger partial charge in [0.25, 0.3) is 0 Å². The van der Waals surface area contributed by atoms with Crippen molar-refractivity contribution in [1.29, 1.82) is 0 Å². The minimum atomic E-state index is 0.0206. The second-order valence-corrected chi connectivity index (χ2v) is 7.80. The molecule has 2 aromatic heterocycles. The number of aryl methyl sites for hydroxylation is 3. The van der Waals surface area contributed by atoms with Crippen LogP contribution in [0.25, 0.3) is 5.52 Å². The number of carbonyl (C=O) groups excluding carboxylic acids is 1. The molecule has 0 spiro atoms. The summed E-state index contributed by atoms with van der Waals surface area (Å²) in [5.74, 6) is 1.58. The quantitative estimate of drug-likeness (QED) is 0.738. The maximum atomic E-state index is 12.5. The minimum absolute atomic E-state index is 0.0206. The van der Waals surface area contributed by atoms with Gasteiger partial charge in [-0.25, -0.2) is 9.31 Å². The Kier molecular flexibility index (Phi) is 4.00. The first-order valence-corrected chi connectivity index (χ1v) is 9.92. The molecule has 0 radical (unpaired) electrons. The minimum Gasteiger partial charge on any atom is -0.455 e. The highest BCUT2D eigenvalue weighted by Gasteiger charge is 2.29. The van der Waals surface area contributed by atoms with E-state index in [1.54, 1.807) is 6.20 Å². The fourth-order valence-corrected chi connectivity index (χ4v) is 3.88. The zero-order valence-electron chi connectivity index (χ0n) is 16.2. The molecular formula is C22H24N4O2. The first-order chi connectivity index (χ1) is 13.6. The fraction of sp³-hybridized carbons (Fsp3) is 0.364. The third-order valence-corrected chi connectivity index (χ3v) is 5.69. The van der Waals surface area contributed by atoms with Gasteiger partial charge >= 0.3 is 6.03 Å². The molecule has 1 fully saturated rings. The van der Waals surface area contributed by atoms with Crippen LogP contribution in [0, 0.1) is 13.8 Å². The lowest BCUT2D eigenvalue weighted by Gasteiger charge is -2.30. The van der Waals surface area contributed by atoms with E-state index in [0.717, 1.165) is 60.5 Å². The van der Waals surface area contributed by atoms with Gasteiger partial charge in [-0.15, -0.1) is 0 Å². The summed E-state index contributed by atoms with van der Waals surface area (Å²) in [6.07, 6.45) is 7.88. The number of aromatic nitrogens is 2. The van der Waals surface area contributed by atoms with Crippen LogP contribution < -0.4 is 15.0 Å². The number of hydrogen-bond donors (Lipinski definition) is 1. The van der Waals surface area contributed by atoms with E-state index in [2.05, 4.69) is 30.3 Å². The monoisotopic (exact) mass is 376 g/mol. The van der Waals surface area contributed by atoms with Crippen molar-refractivity contribution >= 4 is 17.2 Å². The lowest BCUT2D eigenvalue weighted by atomic mass is 10.0. The van der Waals surface area contributed by atoms with E-state index in [0.29, 0.717) is 6.04 Å². The number of fused-ring (bicyclic) bond motifs is 2.